The zero-order valence-corrected chi connectivity index (χ0v) is 16.2. The molecule has 4 aromatic rings. The van der Waals surface area contributed by atoms with Gasteiger partial charge in [-0.05, 0) is 23.8 Å². The van der Waals surface area contributed by atoms with Crippen molar-refractivity contribution in [3.8, 4) is 0 Å². The molecular weight excluding hydrogens is 399 g/mol. The summed E-state index contributed by atoms with van der Waals surface area (Å²) in [5.74, 6) is -1.57. The van der Waals surface area contributed by atoms with Crippen LogP contribution in [-0.2, 0) is 6.54 Å². The minimum atomic E-state index is -0.566. The molecule has 0 aliphatic rings. The summed E-state index contributed by atoms with van der Waals surface area (Å²) < 4.78 is 15.2. The Morgan fingerprint density at radius 2 is 1.87 bits per heavy atom. The molecule has 154 valence electrons. The summed E-state index contributed by atoms with van der Waals surface area (Å²) in [6.45, 7) is 0.203. The molecule has 0 saturated heterocycles. The molecule has 31 heavy (non-hydrogen) atoms. The molecule has 0 aliphatic heterocycles. The minimum Gasteiger partial charge on any atom is -0.507 e. The molecule has 2 aromatic heterocycles. The van der Waals surface area contributed by atoms with E-state index in [1.807, 2.05) is 0 Å². The predicted octanol–water partition coefficient (Wildman–Crippen LogP) is 3.81. The number of benzene rings is 2. The Morgan fingerprint density at radius 3 is 2.58 bits per heavy atom. The second-order valence-corrected chi connectivity index (χ2v) is 6.79. The van der Waals surface area contributed by atoms with Crippen molar-refractivity contribution in [3.05, 3.63) is 113 Å². The van der Waals surface area contributed by atoms with Gasteiger partial charge in [0.2, 0.25) is 11.6 Å². The average molecular weight is 416 g/mol. The molecule has 0 amide bonds. The summed E-state index contributed by atoms with van der Waals surface area (Å²) in [5, 5.41) is 16.5. The number of rotatable bonds is 7. The largest absolute Gasteiger partial charge is 0.507 e. The van der Waals surface area contributed by atoms with Crippen molar-refractivity contribution in [2.75, 3.05) is 0 Å². The highest BCUT2D eigenvalue weighted by Crippen LogP contribution is 2.21. The number of allylic oxidation sites excluding steroid dienone is 1. The maximum Gasteiger partial charge on any atom is 0.226 e. The van der Waals surface area contributed by atoms with Crippen LogP contribution in [0.4, 0.5) is 4.39 Å². The van der Waals surface area contributed by atoms with E-state index in [-0.39, 0.29) is 41.0 Å². The predicted molar refractivity (Wildman–Crippen MR) is 111 cm³/mol. The van der Waals surface area contributed by atoms with Crippen LogP contribution in [0.2, 0.25) is 0 Å². The van der Waals surface area contributed by atoms with Crippen LogP contribution in [0, 0.1) is 5.82 Å². The molecule has 0 saturated carbocycles. The van der Waals surface area contributed by atoms with E-state index in [2.05, 4.69) is 15.2 Å². The normalized spacial score (nSPS) is 11.5. The number of hydrogen-bond donors (Lipinski definition) is 2. The number of hydrogen-bond acceptors (Lipinski definition) is 5. The first-order valence-electron chi connectivity index (χ1n) is 9.36. The van der Waals surface area contributed by atoms with Crippen molar-refractivity contribution in [1.82, 2.24) is 19.7 Å². The van der Waals surface area contributed by atoms with E-state index in [1.165, 1.54) is 24.5 Å². The first kappa shape index (κ1) is 20.0. The van der Waals surface area contributed by atoms with Gasteiger partial charge in [-0.2, -0.15) is 5.10 Å². The van der Waals surface area contributed by atoms with Gasteiger partial charge in [-0.15, -0.1) is 0 Å². The van der Waals surface area contributed by atoms with Gasteiger partial charge in [0.15, 0.2) is 5.82 Å². The fraction of sp³-hybridized carbons (Fsp3) is 0.0435. The Kier molecular flexibility index (Phi) is 5.53. The second kappa shape index (κ2) is 8.58. The topological polar surface area (TPSA) is 101 Å². The Morgan fingerprint density at radius 1 is 1.06 bits per heavy atom. The number of aromatic nitrogens is 4. The van der Waals surface area contributed by atoms with E-state index in [4.69, 9.17) is 0 Å². The van der Waals surface area contributed by atoms with Gasteiger partial charge in [-0.3, -0.25) is 14.7 Å². The Bertz CT molecular complexity index is 1260. The van der Waals surface area contributed by atoms with Crippen LogP contribution in [0.1, 0.15) is 37.8 Å². The van der Waals surface area contributed by atoms with Gasteiger partial charge in [-0.1, -0.05) is 42.5 Å². The summed E-state index contributed by atoms with van der Waals surface area (Å²) in [7, 11) is 0. The van der Waals surface area contributed by atoms with E-state index in [1.54, 1.807) is 53.2 Å². The molecule has 0 unspecified atom stereocenters. The fourth-order valence-electron chi connectivity index (χ4n) is 3.14. The monoisotopic (exact) mass is 416 g/mol. The van der Waals surface area contributed by atoms with Gasteiger partial charge in [0.25, 0.3) is 0 Å². The first-order chi connectivity index (χ1) is 15.0. The van der Waals surface area contributed by atoms with Crippen LogP contribution in [0.15, 0.2) is 79.3 Å². The molecule has 4 rings (SSSR count). The number of carbonyl (C=O) groups excluding carboxylic acids is 2. The van der Waals surface area contributed by atoms with E-state index >= 15 is 0 Å². The molecule has 0 fully saturated rings. The number of aliphatic hydroxyl groups excluding tert-OH is 1. The maximum absolute atomic E-state index is 13.6. The van der Waals surface area contributed by atoms with Crippen LogP contribution in [0.5, 0.6) is 0 Å². The van der Waals surface area contributed by atoms with Crippen LogP contribution in [0.3, 0.4) is 0 Å². The summed E-state index contributed by atoms with van der Waals surface area (Å²) in [6, 6.07) is 16.2. The SMILES string of the molecule is O=C(C=C(O)c1cc(C(=O)c2ccccc2)n(Cc2cccc(F)c2)c1)c1ncn[nH]1. The van der Waals surface area contributed by atoms with Crippen molar-refractivity contribution in [1.29, 1.82) is 0 Å². The van der Waals surface area contributed by atoms with Crippen molar-refractivity contribution in [2.45, 2.75) is 6.54 Å². The van der Waals surface area contributed by atoms with Gasteiger partial charge in [-0.25, -0.2) is 9.37 Å². The number of nitrogens with zero attached hydrogens (tertiary/aromatic N) is 3. The smallest absolute Gasteiger partial charge is 0.226 e. The summed E-state index contributed by atoms with van der Waals surface area (Å²) >= 11 is 0. The Labute approximate surface area is 176 Å². The Balaban J connectivity index is 1.72. The van der Waals surface area contributed by atoms with Crippen LogP contribution < -0.4 is 0 Å². The number of ketones is 2. The molecule has 2 heterocycles. The van der Waals surface area contributed by atoms with Crippen molar-refractivity contribution >= 4 is 17.3 Å². The number of aromatic amines is 1. The third kappa shape index (κ3) is 4.48. The lowest BCUT2D eigenvalue weighted by Crippen LogP contribution is -2.10. The number of nitrogens with one attached hydrogen (secondary N) is 1. The van der Waals surface area contributed by atoms with Gasteiger partial charge in [0.05, 0.1) is 5.69 Å². The van der Waals surface area contributed by atoms with E-state index < -0.39 is 5.78 Å². The number of aliphatic hydroxyl groups is 1. The molecule has 2 N–H and O–H groups in total. The zero-order valence-electron chi connectivity index (χ0n) is 16.2. The molecule has 0 bridgehead atoms. The lowest BCUT2D eigenvalue weighted by molar-refractivity contribution is 0.102. The molecule has 0 aliphatic carbocycles. The van der Waals surface area contributed by atoms with Gasteiger partial charge in [0, 0.05) is 29.9 Å². The molecule has 8 heteroatoms. The minimum absolute atomic E-state index is 0.0219. The molecule has 0 radical (unpaired) electrons. The van der Waals surface area contributed by atoms with Gasteiger partial charge in [0.1, 0.15) is 17.9 Å². The first-order valence-corrected chi connectivity index (χ1v) is 9.36. The van der Waals surface area contributed by atoms with Crippen molar-refractivity contribution in [2.24, 2.45) is 0 Å². The molecule has 7 nitrogen and oxygen atoms in total. The number of carbonyl (C=O) groups is 2. The quantitative estimate of drug-likeness (QED) is 0.271. The molecule has 0 atom stereocenters. The van der Waals surface area contributed by atoms with Crippen molar-refractivity contribution in [3.63, 3.8) is 0 Å². The second-order valence-electron chi connectivity index (χ2n) is 6.79. The maximum atomic E-state index is 13.6. The van der Waals surface area contributed by atoms with Crippen molar-refractivity contribution < 1.29 is 19.1 Å². The summed E-state index contributed by atoms with van der Waals surface area (Å²) in [4.78, 5) is 29.0. The molecule has 0 spiro atoms. The number of halogens is 1. The van der Waals surface area contributed by atoms with Crippen LogP contribution >= 0.6 is 0 Å². The highest BCUT2D eigenvalue weighted by Gasteiger charge is 2.18. The van der Waals surface area contributed by atoms with Gasteiger partial charge < -0.3 is 9.67 Å². The lowest BCUT2D eigenvalue weighted by atomic mass is 10.1. The molecular formula is C23H17FN4O3. The van der Waals surface area contributed by atoms with E-state index in [0.29, 0.717) is 11.1 Å². The number of H-pyrrole nitrogens is 1. The third-order valence-corrected chi connectivity index (χ3v) is 4.62. The van der Waals surface area contributed by atoms with Crippen LogP contribution in [0.25, 0.3) is 5.76 Å². The lowest BCUT2D eigenvalue weighted by Gasteiger charge is -2.09. The zero-order chi connectivity index (χ0) is 21.8. The Hall–Kier alpha value is -4.33. The van der Waals surface area contributed by atoms with Gasteiger partial charge >= 0.3 is 0 Å². The third-order valence-electron chi connectivity index (χ3n) is 4.62. The standard InChI is InChI=1S/C23H17FN4O3/c24-18-8-4-5-15(9-18)12-28-13-17(20(29)11-21(30)23-25-14-26-27-23)10-19(28)22(31)16-6-2-1-3-7-16/h1-11,13-14,29H,12H2,(H,25,26,27). The summed E-state index contributed by atoms with van der Waals surface area (Å²) in [5.41, 5.74) is 1.67. The average Bonchev–Trinajstić information content (AvgIpc) is 3.44. The molecule has 2 aromatic carbocycles. The van der Waals surface area contributed by atoms with Crippen LogP contribution in [-0.4, -0.2) is 36.4 Å². The van der Waals surface area contributed by atoms with E-state index in [9.17, 15) is 19.1 Å². The summed E-state index contributed by atoms with van der Waals surface area (Å²) in [6.07, 6.45) is 3.73. The highest BCUT2D eigenvalue weighted by atomic mass is 19.1. The fourth-order valence-corrected chi connectivity index (χ4v) is 3.14. The van der Waals surface area contributed by atoms with E-state index in [0.717, 1.165) is 6.08 Å². The highest BCUT2D eigenvalue weighted by molar-refractivity contribution is 6.09.